The summed E-state index contributed by atoms with van der Waals surface area (Å²) in [4.78, 5) is 11.3. The highest BCUT2D eigenvalue weighted by atomic mass is 19.4. The van der Waals surface area contributed by atoms with E-state index in [0.29, 0.717) is 0 Å². The van der Waals surface area contributed by atoms with Crippen molar-refractivity contribution < 1.29 is 75.7 Å². The van der Waals surface area contributed by atoms with E-state index in [2.05, 4.69) is 6.92 Å². The molecule has 0 aromatic rings. The van der Waals surface area contributed by atoms with Gasteiger partial charge in [-0.15, -0.1) is 0 Å². The van der Waals surface area contributed by atoms with Crippen molar-refractivity contribution in [3.63, 3.8) is 0 Å². The summed E-state index contributed by atoms with van der Waals surface area (Å²) >= 11 is 0. The molecule has 0 amide bonds. The molecule has 266 valence electrons. The molecular formula is C26H40F15NO2. The van der Waals surface area contributed by atoms with Gasteiger partial charge in [-0.25, -0.2) is 18.5 Å². The van der Waals surface area contributed by atoms with Crippen molar-refractivity contribution in [1.82, 2.24) is 0 Å². The second-order valence-electron chi connectivity index (χ2n) is 10.3. The maximum atomic E-state index is 12.9. The monoisotopic (exact) mass is 683 g/mol. The van der Waals surface area contributed by atoms with E-state index in [1.54, 1.807) is 0 Å². The Balaban J connectivity index is 0. The summed E-state index contributed by atoms with van der Waals surface area (Å²) in [6, 6.07) is 0. The number of halogens is 15. The molecule has 0 saturated carbocycles. The molecule has 0 heterocycles. The average molecular weight is 684 g/mol. The summed E-state index contributed by atoms with van der Waals surface area (Å²) in [5, 5.41) is 0. The van der Waals surface area contributed by atoms with Gasteiger partial charge < -0.3 is 5.73 Å². The summed E-state index contributed by atoms with van der Waals surface area (Å²) in [7, 11) is 0. The Bertz CT molecular complexity index is 765. The van der Waals surface area contributed by atoms with Crippen LogP contribution in [0.2, 0.25) is 0 Å². The Labute approximate surface area is 246 Å². The van der Waals surface area contributed by atoms with Crippen LogP contribution in [-0.4, -0.2) is 54.5 Å². The minimum absolute atomic E-state index is 0.873. The number of unbranched alkanes of at least 4 members (excludes halogenated alkanes) is 15. The molecule has 44 heavy (non-hydrogen) atoms. The van der Waals surface area contributed by atoms with Gasteiger partial charge in [0.15, 0.2) is 0 Å². The SMILES string of the molecule is CCCCCCCCCCCCCCCCCCN.O=C(OF)C(F)(F)C(F)(F)C(F)(F)C(F)(F)C(F)(F)C(F)(F)C(F)F. The first-order valence-corrected chi connectivity index (χ1v) is 14.2. The highest BCUT2D eigenvalue weighted by Crippen LogP contribution is 2.60. The van der Waals surface area contributed by atoms with E-state index in [4.69, 9.17) is 5.73 Å². The summed E-state index contributed by atoms with van der Waals surface area (Å²) < 4.78 is 187. The number of carbonyl (C=O) groups is 1. The van der Waals surface area contributed by atoms with Gasteiger partial charge in [-0.2, -0.15) is 52.7 Å². The smallest absolute Gasteiger partial charge is 0.330 e. The number of alkyl halides is 14. The zero-order valence-corrected chi connectivity index (χ0v) is 24.2. The highest BCUT2D eigenvalue weighted by molar-refractivity contribution is 5.78. The Morgan fingerprint density at radius 1 is 0.545 bits per heavy atom. The molecule has 0 aliphatic heterocycles. The standard InChI is InChI=1S/C18H39N.C8HF15O2/c1-2-3-4-5-6-7-8-9-10-11-12-13-14-15-16-17-18-19;9-1(10)3(11,12)5(15,16)7(19,20)8(21,22)6(17,18)4(13,14)2(24)25-23/h2-19H2,1H3;1H. The highest BCUT2D eigenvalue weighted by Gasteiger charge is 2.92. The molecule has 0 unspecified atom stereocenters. The third-order valence-electron chi connectivity index (χ3n) is 6.65. The normalized spacial score (nSPS) is 13.6. The van der Waals surface area contributed by atoms with Crippen molar-refractivity contribution in [3.8, 4) is 0 Å². The summed E-state index contributed by atoms with van der Waals surface area (Å²) in [5.41, 5.74) is 5.48. The molecule has 0 aromatic carbocycles. The number of hydrogen-bond donors (Lipinski definition) is 1. The maximum Gasteiger partial charge on any atom is 0.424 e. The maximum absolute atomic E-state index is 12.9. The number of rotatable bonds is 23. The second kappa shape index (κ2) is 19.8. The van der Waals surface area contributed by atoms with Gasteiger partial charge in [-0.05, 0) is 13.0 Å². The van der Waals surface area contributed by atoms with Gasteiger partial charge in [0.05, 0.1) is 0 Å². The molecule has 2 N–H and O–H groups in total. The largest absolute Gasteiger partial charge is 0.424 e. The van der Waals surface area contributed by atoms with E-state index in [1.165, 1.54) is 108 Å². The summed E-state index contributed by atoms with van der Waals surface area (Å²) in [5.74, 6) is -51.5. The van der Waals surface area contributed by atoms with Crippen LogP contribution in [0.15, 0.2) is 0 Å². The van der Waals surface area contributed by atoms with Crippen LogP contribution in [0.25, 0.3) is 0 Å². The lowest BCUT2D eigenvalue weighted by Crippen LogP contribution is -2.72. The number of hydrogen-bond acceptors (Lipinski definition) is 3. The molecule has 0 fully saturated rings. The van der Waals surface area contributed by atoms with E-state index in [1.807, 2.05) is 0 Å². The first kappa shape index (κ1) is 44.5. The quantitative estimate of drug-likeness (QED) is 0.0862. The molecule has 0 aliphatic rings. The zero-order valence-electron chi connectivity index (χ0n) is 24.2. The van der Waals surface area contributed by atoms with Crippen LogP contribution in [0.5, 0.6) is 0 Å². The summed E-state index contributed by atoms with van der Waals surface area (Å²) in [6.45, 7) is 3.16. The third-order valence-corrected chi connectivity index (χ3v) is 6.65. The predicted molar refractivity (Wildman–Crippen MR) is 131 cm³/mol. The van der Waals surface area contributed by atoms with Crippen LogP contribution in [0, 0.1) is 0 Å². The Morgan fingerprint density at radius 2 is 0.841 bits per heavy atom. The van der Waals surface area contributed by atoms with Crippen molar-refractivity contribution in [3.05, 3.63) is 0 Å². The van der Waals surface area contributed by atoms with Crippen LogP contribution in [-0.2, 0) is 9.74 Å². The molecule has 0 atom stereocenters. The van der Waals surface area contributed by atoms with Gasteiger partial charge >= 0.3 is 47.9 Å². The van der Waals surface area contributed by atoms with Crippen LogP contribution < -0.4 is 5.73 Å². The van der Waals surface area contributed by atoms with Crippen molar-refractivity contribution in [1.29, 1.82) is 0 Å². The van der Waals surface area contributed by atoms with Crippen LogP contribution in [0.3, 0.4) is 0 Å². The summed E-state index contributed by atoms with van der Waals surface area (Å²) in [6.07, 6.45) is 17.0. The fourth-order valence-electron chi connectivity index (χ4n) is 3.81. The lowest BCUT2D eigenvalue weighted by atomic mass is 9.91. The van der Waals surface area contributed by atoms with Gasteiger partial charge in [0.1, 0.15) is 0 Å². The van der Waals surface area contributed by atoms with Crippen molar-refractivity contribution in [2.24, 2.45) is 5.73 Å². The fraction of sp³-hybridized carbons (Fsp3) is 0.962. The van der Waals surface area contributed by atoms with Gasteiger partial charge in [-0.3, -0.25) is 0 Å². The van der Waals surface area contributed by atoms with Crippen molar-refractivity contribution >= 4 is 5.97 Å². The fourth-order valence-corrected chi connectivity index (χ4v) is 3.81. The van der Waals surface area contributed by atoms with Crippen LogP contribution in [0.1, 0.15) is 110 Å². The Hall–Kier alpha value is -1.62. The molecule has 3 nitrogen and oxygen atoms in total. The van der Waals surface area contributed by atoms with E-state index in [0.717, 1.165) is 6.54 Å². The number of nitrogens with two attached hydrogens (primary N) is 1. The van der Waals surface area contributed by atoms with Gasteiger partial charge in [-0.1, -0.05) is 103 Å². The topological polar surface area (TPSA) is 52.3 Å². The Morgan fingerprint density at radius 3 is 1.11 bits per heavy atom. The molecule has 0 aliphatic carbocycles. The minimum atomic E-state index is -8.27. The molecule has 0 saturated heterocycles. The number of carbonyl (C=O) groups excluding carboxylic acids is 1. The minimum Gasteiger partial charge on any atom is -0.330 e. The van der Waals surface area contributed by atoms with E-state index in [-0.39, 0.29) is 0 Å². The molecule has 18 heteroatoms. The van der Waals surface area contributed by atoms with Gasteiger partial charge in [0.25, 0.3) is 0 Å². The van der Waals surface area contributed by atoms with Crippen molar-refractivity contribution in [2.75, 3.05) is 6.54 Å². The lowest BCUT2D eigenvalue weighted by Gasteiger charge is -2.40. The Kier molecular flexibility index (Phi) is 20.0. The molecular weight excluding hydrogens is 643 g/mol. The molecule has 0 radical (unpaired) electrons. The van der Waals surface area contributed by atoms with E-state index >= 15 is 0 Å². The molecule has 0 aromatic heterocycles. The first-order chi connectivity index (χ1) is 20.1. The predicted octanol–water partition coefficient (Wildman–Crippen LogP) is 10.7. The zero-order chi connectivity index (χ0) is 34.9. The second-order valence-corrected chi connectivity index (χ2v) is 10.3. The van der Waals surface area contributed by atoms with Crippen molar-refractivity contribution in [2.45, 2.75) is 152 Å². The van der Waals surface area contributed by atoms with E-state index in [9.17, 15) is 70.8 Å². The van der Waals surface area contributed by atoms with E-state index < -0.39 is 47.9 Å². The average Bonchev–Trinajstić information content (AvgIpc) is 2.94. The molecule has 0 spiro atoms. The molecule has 0 bridgehead atoms. The lowest BCUT2D eigenvalue weighted by molar-refractivity contribution is -0.430. The van der Waals surface area contributed by atoms with Crippen LogP contribution in [0.4, 0.5) is 66.0 Å². The molecule has 0 rings (SSSR count). The van der Waals surface area contributed by atoms with Gasteiger partial charge in [0, 0.05) is 4.53 Å². The first-order valence-electron chi connectivity index (χ1n) is 14.2. The van der Waals surface area contributed by atoms with Crippen LogP contribution >= 0.6 is 0 Å². The van der Waals surface area contributed by atoms with Gasteiger partial charge in [0.2, 0.25) is 0 Å². The third kappa shape index (κ3) is 11.6.